The Kier molecular flexibility index (Phi) is 8.47. The molecule has 0 spiro atoms. The van der Waals surface area contributed by atoms with Crippen molar-refractivity contribution in [1.29, 1.82) is 0 Å². The van der Waals surface area contributed by atoms with E-state index >= 15 is 0 Å². The van der Waals surface area contributed by atoms with Crippen molar-refractivity contribution in [3.8, 4) is 66.8 Å². The fourth-order valence-electron chi connectivity index (χ4n) is 10.2. The molecule has 1 heteroatoms. The monoisotopic (exact) mass is 788 g/mol. The highest BCUT2D eigenvalue weighted by molar-refractivity contribution is 6.13. The molecule has 10 aromatic carbocycles. The van der Waals surface area contributed by atoms with Gasteiger partial charge in [0, 0.05) is 16.3 Å². The number of fused-ring (bicyclic) bond motifs is 6. The van der Waals surface area contributed by atoms with E-state index in [1.165, 1.54) is 66.8 Å². The van der Waals surface area contributed by atoms with E-state index in [1.54, 1.807) is 0 Å². The number of furan rings is 1. The van der Waals surface area contributed by atoms with Gasteiger partial charge in [-0.05, 0) is 108 Å². The van der Waals surface area contributed by atoms with Crippen LogP contribution in [0.2, 0.25) is 0 Å². The normalized spacial score (nSPS) is 12.6. The van der Waals surface area contributed by atoms with Crippen molar-refractivity contribution < 1.29 is 4.42 Å². The molecule has 0 atom stereocenters. The van der Waals surface area contributed by atoms with Gasteiger partial charge in [0.25, 0.3) is 0 Å². The Bertz CT molecular complexity index is 3390. The molecule has 1 nitrogen and oxygen atoms in total. The number of hydrogen-bond acceptors (Lipinski definition) is 1. The van der Waals surface area contributed by atoms with E-state index < -0.39 is 5.41 Å². The first-order valence-electron chi connectivity index (χ1n) is 21.4. The minimum atomic E-state index is -0.468. The van der Waals surface area contributed by atoms with Crippen molar-refractivity contribution >= 4 is 21.9 Å². The lowest BCUT2D eigenvalue weighted by molar-refractivity contribution is 0.670. The fourth-order valence-corrected chi connectivity index (χ4v) is 10.2. The van der Waals surface area contributed by atoms with Crippen LogP contribution in [-0.2, 0) is 5.41 Å². The maximum atomic E-state index is 6.96. The average Bonchev–Trinajstić information content (AvgIpc) is 3.88. The molecule has 12 rings (SSSR count). The highest BCUT2D eigenvalue weighted by Gasteiger charge is 2.45. The second kappa shape index (κ2) is 14.6. The molecule has 1 aromatic heterocycles. The van der Waals surface area contributed by atoms with Crippen LogP contribution in [0.25, 0.3) is 88.7 Å². The summed E-state index contributed by atoms with van der Waals surface area (Å²) in [6, 6.07) is 88.3. The zero-order valence-electron chi connectivity index (χ0n) is 34.0. The molecular weight excluding hydrogens is 749 g/mol. The zero-order valence-corrected chi connectivity index (χ0v) is 34.0. The Labute approximate surface area is 361 Å². The summed E-state index contributed by atoms with van der Waals surface area (Å²) >= 11 is 0. The second-order valence-electron chi connectivity index (χ2n) is 16.3. The number of rotatable bonds is 7. The summed E-state index contributed by atoms with van der Waals surface area (Å²) in [5.74, 6) is 0. The summed E-state index contributed by atoms with van der Waals surface area (Å²) in [6.07, 6.45) is 0. The van der Waals surface area contributed by atoms with Gasteiger partial charge >= 0.3 is 0 Å². The standard InChI is InChI=1S/C61H40O/c1-4-18-41(19-5-1)48-24-10-12-26-50(48)44-34-37-59-55(38-44)56-40-45(51-27-13-11-25-49(51)42-20-6-2-7-21-42)39-54(60(56)62-59)43-32-35-47(36-33-43)61(46-22-8-3-9-23-46)57-30-16-14-28-52(57)53-29-15-17-31-58(53)61/h1-40H. The van der Waals surface area contributed by atoms with Crippen molar-refractivity contribution in [2.45, 2.75) is 5.41 Å². The third kappa shape index (κ3) is 5.63. The van der Waals surface area contributed by atoms with E-state index in [-0.39, 0.29) is 0 Å². The van der Waals surface area contributed by atoms with Crippen LogP contribution in [0.4, 0.5) is 0 Å². The minimum Gasteiger partial charge on any atom is -0.455 e. The number of hydrogen-bond donors (Lipinski definition) is 0. The van der Waals surface area contributed by atoms with Crippen LogP contribution >= 0.6 is 0 Å². The predicted octanol–water partition coefficient (Wildman–Crippen LogP) is 16.3. The van der Waals surface area contributed by atoms with E-state index in [0.717, 1.165) is 44.2 Å². The lowest BCUT2D eigenvalue weighted by Crippen LogP contribution is -2.28. The molecule has 0 radical (unpaired) electrons. The first kappa shape index (κ1) is 35.9. The summed E-state index contributed by atoms with van der Waals surface area (Å²) < 4.78 is 6.96. The first-order chi connectivity index (χ1) is 30.8. The van der Waals surface area contributed by atoms with E-state index in [1.807, 2.05) is 0 Å². The van der Waals surface area contributed by atoms with Gasteiger partial charge in [-0.25, -0.2) is 0 Å². The van der Waals surface area contributed by atoms with Gasteiger partial charge in [0.15, 0.2) is 0 Å². The Morgan fingerprint density at radius 2 is 0.661 bits per heavy atom. The van der Waals surface area contributed by atoms with Crippen LogP contribution in [-0.4, -0.2) is 0 Å². The molecule has 0 N–H and O–H groups in total. The van der Waals surface area contributed by atoms with Gasteiger partial charge in [0.2, 0.25) is 0 Å². The molecule has 0 amide bonds. The lowest BCUT2D eigenvalue weighted by atomic mass is 9.67. The summed E-state index contributed by atoms with van der Waals surface area (Å²) in [5.41, 5.74) is 20.6. The molecule has 0 bridgehead atoms. The van der Waals surface area contributed by atoms with Crippen molar-refractivity contribution in [3.63, 3.8) is 0 Å². The molecule has 290 valence electrons. The van der Waals surface area contributed by atoms with Crippen LogP contribution in [0.15, 0.2) is 247 Å². The van der Waals surface area contributed by atoms with Crippen molar-refractivity contribution in [2.75, 3.05) is 0 Å². The minimum absolute atomic E-state index is 0.468. The maximum absolute atomic E-state index is 6.96. The van der Waals surface area contributed by atoms with E-state index in [4.69, 9.17) is 4.42 Å². The van der Waals surface area contributed by atoms with Crippen molar-refractivity contribution in [2.24, 2.45) is 0 Å². The SMILES string of the molecule is c1ccc(-c2ccccc2-c2ccc3oc4c(-c5ccc(C6(c7ccccc7)c7ccccc7-c7ccccc76)cc5)cc(-c5ccccc5-c5ccccc5)cc4c3c2)cc1. The molecule has 0 aliphatic heterocycles. The molecule has 0 saturated heterocycles. The van der Waals surface area contributed by atoms with E-state index in [0.29, 0.717) is 0 Å². The lowest BCUT2D eigenvalue weighted by Gasteiger charge is -2.34. The Balaban J connectivity index is 1.08. The Morgan fingerprint density at radius 1 is 0.258 bits per heavy atom. The summed E-state index contributed by atoms with van der Waals surface area (Å²) in [4.78, 5) is 0. The largest absolute Gasteiger partial charge is 0.455 e. The summed E-state index contributed by atoms with van der Waals surface area (Å²) in [6.45, 7) is 0. The molecule has 0 unspecified atom stereocenters. The molecule has 0 fully saturated rings. The predicted molar refractivity (Wildman–Crippen MR) is 258 cm³/mol. The second-order valence-corrected chi connectivity index (χ2v) is 16.3. The van der Waals surface area contributed by atoms with Gasteiger partial charge in [-0.3, -0.25) is 0 Å². The Morgan fingerprint density at radius 3 is 1.23 bits per heavy atom. The average molecular weight is 789 g/mol. The van der Waals surface area contributed by atoms with Crippen molar-refractivity contribution in [3.05, 3.63) is 265 Å². The molecular formula is C61H40O. The molecule has 11 aromatic rings. The van der Waals surface area contributed by atoms with Gasteiger partial charge in [-0.2, -0.15) is 0 Å². The molecule has 0 saturated carbocycles. The van der Waals surface area contributed by atoms with Crippen LogP contribution in [0.1, 0.15) is 22.3 Å². The van der Waals surface area contributed by atoms with Crippen LogP contribution in [0.5, 0.6) is 0 Å². The first-order valence-corrected chi connectivity index (χ1v) is 21.4. The topological polar surface area (TPSA) is 13.1 Å². The van der Waals surface area contributed by atoms with Gasteiger partial charge in [0.1, 0.15) is 11.2 Å². The van der Waals surface area contributed by atoms with Gasteiger partial charge in [-0.1, -0.05) is 218 Å². The van der Waals surface area contributed by atoms with E-state index in [2.05, 4.69) is 243 Å². The highest BCUT2D eigenvalue weighted by atomic mass is 16.3. The van der Waals surface area contributed by atoms with Gasteiger partial charge in [-0.15, -0.1) is 0 Å². The van der Waals surface area contributed by atoms with Gasteiger partial charge in [0.05, 0.1) is 5.41 Å². The Hall–Kier alpha value is -8.00. The molecule has 1 heterocycles. The quantitative estimate of drug-likeness (QED) is 0.157. The third-order valence-electron chi connectivity index (χ3n) is 13.0. The summed E-state index contributed by atoms with van der Waals surface area (Å²) in [7, 11) is 0. The van der Waals surface area contributed by atoms with Crippen molar-refractivity contribution in [1.82, 2.24) is 0 Å². The number of benzene rings is 10. The molecule has 1 aliphatic carbocycles. The van der Waals surface area contributed by atoms with E-state index in [9.17, 15) is 0 Å². The molecule has 1 aliphatic rings. The summed E-state index contributed by atoms with van der Waals surface area (Å²) in [5, 5.41) is 2.19. The fraction of sp³-hybridized carbons (Fsp3) is 0.0164. The highest BCUT2D eigenvalue weighted by Crippen LogP contribution is 2.56. The maximum Gasteiger partial charge on any atom is 0.143 e. The third-order valence-corrected chi connectivity index (χ3v) is 13.0. The van der Waals surface area contributed by atoms with Crippen LogP contribution in [0, 0.1) is 0 Å². The molecule has 62 heavy (non-hydrogen) atoms. The van der Waals surface area contributed by atoms with Crippen LogP contribution in [0.3, 0.4) is 0 Å². The zero-order chi connectivity index (χ0) is 41.0. The van der Waals surface area contributed by atoms with Gasteiger partial charge < -0.3 is 4.42 Å². The smallest absolute Gasteiger partial charge is 0.143 e. The van der Waals surface area contributed by atoms with Crippen LogP contribution < -0.4 is 0 Å².